The van der Waals surface area contributed by atoms with Crippen LogP contribution in [0.3, 0.4) is 0 Å². The molecule has 0 saturated heterocycles. The minimum Gasteiger partial charge on any atom is -0.393 e. The third-order valence-corrected chi connectivity index (χ3v) is 3.55. The highest BCUT2D eigenvalue weighted by Gasteiger charge is 2.37. The topological polar surface area (TPSA) is 55.1 Å². The molecule has 14 heavy (non-hydrogen) atoms. The summed E-state index contributed by atoms with van der Waals surface area (Å²) in [6, 6.07) is 0. The predicted molar refractivity (Wildman–Crippen MR) is 61.0 cm³/mol. The summed E-state index contributed by atoms with van der Waals surface area (Å²) in [4.78, 5) is 11.9. The molecule has 1 amide bonds. The van der Waals surface area contributed by atoms with Crippen molar-refractivity contribution in [3.05, 3.63) is 0 Å². The van der Waals surface area contributed by atoms with Gasteiger partial charge in [-0.1, -0.05) is 19.1 Å². The lowest BCUT2D eigenvalue weighted by Gasteiger charge is -2.42. The zero-order chi connectivity index (χ0) is 10.8. The first-order valence-corrected chi connectivity index (χ1v) is 5.53. The normalized spacial score (nSPS) is 20.7. The molecule has 0 heterocycles. The van der Waals surface area contributed by atoms with Gasteiger partial charge in [-0.05, 0) is 32.6 Å². The van der Waals surface area contributed by atoms with E-state index in [-0.39, 0.29) is 22.4 Å². The summed E-state index contributed by atoms with van der Waals surface area (Å²) in [5.41, 5.74) is 5.47. The summed E-state index contributed by atoms with van der Waals surface area (Å²) in [7, 11) is 0. The SMILES string of the molecule is CCC1(NC(=O)C(C)C(N)=S)CCC1. The largest absolute Gasteiger partial charge is 0.393 e. The lowest BCUT2D eigenvalue weighted by Crippen LogP contribution is -2.55. The van der Waals surface area contributed by atoms with Gasteiger partial charge < -0.3 is 11.1 Å². The molecule has 0 aromatic heterocycles. The molecule has 1 rings (SSSR count). The van der Waals surface area contributed by atoms with Gasteiger partial charge in [-0.3, -0.25) is 4.79 Å². The summed E-state index contributed by atoms with van der Waals surface area (Å²) < 4.78 is 0. The minimum atomic E-state index is -0.353. The van der Waals surface area contributed by atoms with Gasteiger partial charge in [0, 0.05) is 5.54 Å². The first-order valence-electron chi connectivity index (χ1n) is 5.12. The third-order valence-electron chi connectivity index (χ3n) is 3.20. The molecule has 80 valence electrons. The van der Waals surface area contributed by atoms with Crippen molar-refractivity contribution in [2.75, 3.05) is 0 Å². The number of carbonyl (C=O) groups is 1. The van der Waals surface area contributed by atoms with E-state index in [1.54, 1.807) is 6.92 Å². The van der Waals surface area contributed by atoms with Crippen LogP contribution in [0.15, 0.2) is 0 Å². The Kier molecular flexibility index (Phi) is 3.48. The summed E-state index contributed by atoms with van der Waals surface area (Å²) in [6.07, 6.45) is 4.36. The second kappa shape index (κ2) is 4.26. The molecule has 1 atom stereocenters. The van der Waals surface area contributed by atoms with Crippen molar-refractivity contribution in [2.24, 2.45) is 11.7 Å². The van der Waals surface area contributed by atoms with Gasteiger partial charge in [-0.15, -0.1) is 0 Å². The summed E-state index contributed by atoms with van der Waals surface area (Å²) in [6.45, 7) is 3.85. The number of carbonyl (C=O) groups excluding carboxylic acids is 1. The number of rotatable bonds is 4. The van der Waals surface area contributed by atoms with E-state index in [1.165, 1.54) is 6.42 Å². The van der Waals surface area contributed by atoms with Crippen LogP contribution in [0.1, 0.15) is 39.5 Å². The van der Waals surface area contributed by atoms with Crippen LogP contribution in [-0.4, -0.2) is 16.4 Å². The van der Waals surface area contributed by atoms with E-state index in [0.29, 0.717) is 0 Å². The smallest absolute Gasteiger partial charge is 0.230 e. The van der Waals surface area contributed by atoms with Gasteiger partial charge in [-0.2, -0.15) is 0 Å². The van der Waals surface area contributed by atoms with Gasteiger partial charge in [0.2, 0.25) is 5.91 Å². The van der Waals surface area contributed by atoms with Gasteiger partial charge in [0.15, 0.2) is 0 Å². The number of hydrogen-bond donors (Lipinski definition) is 2. The van der Waals surface area contributed by atoms with Crippen LogP contribution < -0.4 is 11.1 Å². The fraction of sp³-hybridized carbons (Fsp3) is 0.800. The highest BCUT2D eigenvalue weighted by molar-refractivity contribution is 7.80. The van der Waals surface area contributed by atoms with Crippen molar-refractivity contribution in [1.29, 1.82) is 0 Å². The quantitative estimate of drug-likeness (QED) is 0.695. The van der Waals surface area contributed by atoms with Crippen LogP contribution in [0.2, 0.25) is 0 Å². The van der Waals surface area contributed by atoms with Crippen molar-refractivity contribution in [3.63, 3.8) is 0 Å². The predicted octanol–water partition coefficient (Wildman–Crippen LogP) is 1.36. The molecule has 0 aromatic rings. The van der Waals surface area contributed by atoms with Gasteiger partial charge in [0.1, 0.15) is 0 Å². The number of thiocarbonyl (C=S) groups is 1. The van der Waals surface area contributed by atoms with Crippen molar-refractivity contribution >= 4 is 23.1 Å². The van der Waals surface area contributed by atoms with E-state index < -0.39 is 0 Å². The number of amides is 1. The Morgan fingerprint density at radius 3 is 2.50 bits per heavy atom. The monoisotopic (exact) mass is 214 g/mol. The van der Waals surface area contributed by atoms with Crippen LogP contribution in [0, 0.1) is 5.92 Å². The molecule has 1 fully saturated rings. The van der Waals surface area contributed by atoms with E-state index in [4.69, 9.17) is 18.0 Å². The van der Waals surface area contributed by atoms with E-state index in [9.17, 15) is 4.79 Å². The molecule has 1 unspecified atom stereocenters. The molecule has 3 N–H and O–H groups in total. The lowest BCUT2D eigenvalue weighted by atomic mass is 9.74. The van der Waals surface area contributed by atoms with Crippen molar-refractivity contribution in [2.45, 2.75) is 45.1 Å². The van der Waals surface area contributed by atoms with Gasteiger partial charge in [0.25, 0.3) is 0 Å². The molecule has 1 aliphatic rings. The maximum absolute atomic E-state index is 11.7. The zero-order valence-corrected chi connectivity index (χ0v) is 9.62. The molecule has 0 radical (unpaired) electrons. The van der Waals surface area contributed by atoms with Crippen LogP contribution in [0.25, 0.3) is 0 Å². The summed E-state index contributed by atoms with van der Waals surface area (Å²) in [5, 5.41) is 3.05. The van der Waals surface area contributed by atoms with Crippen LogP contribution in [-0.2, 0) is 4.79 Å². The molecule has 0 aromatic carbocycles. The van der Waals surface area contributed by atoms with E-state index in [2.05, 4.69) is 12.2 Å². The standard InChI is InChI=1S/C10H18N2OS/c1-3-10(5-4-6-10)12-9(13)7(2)8(11)14/h7H,3-6H2,1-2H3,(H2,11,14)(H,12,13). The lowest BCUT2D eigenvalue weighted by molar-refractivity contribution is -0.125. The number of hydrogen-bond acceptors (Lipinski definition) is 2. The molecule has 1 saturated carbocycles. The Bertz CT molecular complexity index is 243. The molecule has 3 nitrogen and oxygen atoms in total. The van der Waals surface area contributed by atoms with Crippen LogP contribution in [0.4, 0.5) is 0 Å². The highest BCUT2D eigenvalue weighted by atomic mass is 32.1. The zero-order valence-electron chi connectivity index (χ0n) is 8.80. The Morgan fingerprint density at radius 1 is 1.64 bits per heavy atom. The van der Waals surface area contributed by atoms with Gasteiger partial charge in [0.05, 0.1) is 10.9 Å². The fourth-order valence-electron chi connectivity index (χ4n) is 1.67. The third kappa shape index (κ3) is 2.23. The van der Waals surface area contributed by atoms with Crippen molar-refractivity contribution < 1.29 is 4.79 Å². The minimum absolute atomic E-state index is 0.0287. The molecular formula is C10H18N2OS. The molecular weight excluding hydrogens is 196 g/mol. The first-order chi connectivity index (χ1) is 6.51. The van der Waals surface area contributed by atoms with E-state index in [0.717, 1.165) is 19.3 Å². The second-order valence-electron chi connectivity index (χ2n) is 4.10. The van der Waals surface area contributed by atoms with Crippen molar-refractivity contribution in [1.82, 2.24) is 5.32 Å². The number of nitrogens with two attached hydrogens (primary N) is 1. The summed E-state index contributed by atoms with van der Waals surface area (Å²) >= 11 is 4.79. The first kappa shape index (κ1) is 11.4. The average molecular weight is 214 g/mol. The summed E-state index contributed by atoms with van der Waals surface area (Å²) in [5.74, 6) is -0.381. The maximum atomic E-state index is 11.7. The fourth-order valence-corrected chi connectivity index (χ4v) is 1.78. The van der Waals surface area contributed by atoms with E-state index in [1.807, 2.05) is 0 Å². The molecule has 0 bridgehead atoms. The molecule has 4 heteroatoms. The second-order valence-corrected chi connectivity index (χ2v) is 4.57. The van der Waals surface area contributed by atoms with Gasteiger partial charge >= 0.3 is 0 Å². The maximum Gasteiger partial charge on any atom is 0.230 e. The molecule has 1 aliphatic carbocycles. The molecule has 0 spiro atoms. The Labute approximate surface area is 90.4 Å². The van der Waals surface area contributed by atoms with Crippen molar-refractivity contribution in [3.8, 4) is 0 Å². The van der Waals surface area contributed by atoms with Crippen LogP contribution in [0.5, 0.6) is 0 Å². The van der Waals surface area contributed by atoms with Crippen LogP contribution >= 0.6 is 12.2 Å². The molecule has 0 aliphatic heterocycles. The van der Waals surface area contributed by atoms with Gasteiger partial charge in [-0.25, -0.2) is 0 Å². The Hall–Kier alpha value is -0.640. The Morgan fingerprint density at radius 2 is 2.21 bits per heavy atom. The van der Waals surface area contributed by atoms with E-state index >= 15 is 0 Å². The number of nitrogens with one attached hydrogen (secondary N) is 1. The Balaban J connectivity index is 2.51. The average Bonchev–Trinajstić information content (AvgIpc) is 2.09. The highest BCUT2D eigenvalue weighted by Crippen LogP contribution is 2.34.